The van der Waals surface area contributed by atoms with Gasteiger partial charge in [-0.3, -0.25) is 9.48 Å². The highest BCUT2D eigenvalue weighted by molar-refractivity contribution is 7.90. The van der Waals surface area contributed by atoms with Crippen molar-refractivity contribution in [2.24, 2.45) is 0 Å². The van der Waals surface area contributed by atoms with E-state index >= 15 is 0 Å². The molecule has 1 saturated carbocycles. The molecule has 0 aromatic carbocycles. The SMILES string of the molecule is O=C(NCC(F)(F)F)C1(n2cccn2)CCN(S(=O)(=O)C2CC2)CC1. The van der Waals surface area contributed by atoms with E-state index in [0.717, 1.165) is 0 Å². The van der Waals surface area contributed by atoms with Crippen LogP contribution in [0.4, 0.5) is 13.2 Å². The third kappa shape index (κ3) is 3.66. The number of hydrogen-bond acceptors (Lipinski definition) is 4. The summed E-state index contributed by atoms with van der Waals surface area (Å²) in [5.74, 6) is -0.794. The van der Waals surface area contributed by atoms with Crippen LogP contribution in [0.3, 0.4) is 0 Å². The molecule has 0 spiro atoms. The fraction of sp³-hybridized carbons (Fsp3) is 0.714. The van der Waals surface area contributed by atoms with E-state index in [1.54, 1.807) is 6.07 Å². The molecule has 1 amide bonds. The van der Waals surface area contributed by atoms with E-state index in [4.69, 9.17) is 0 Å². The smallest absolute Gasteiger partial charge is 0.345 e. The zero-order valence-corrected chi connectivity index (χ0v) is 14.2. The summed E-state index contributed by atoms with van der Waals surface area (Å²) in [4.78, 5) is 12.5. The zero-order chi connectivity index (χ0) is 18.3. The Hall–Kier alpha value is -1.62. The van der Waals surface area contributed by atoms with Crippen molar-refractivity contribution in [3.05, 3.63) is 18.5 Å². The van der Waals surface area contributed by atoms with Crippen molar-refractivity contribution in [1.82, 2.24) is 19.4 Å². The average Bonchev–Trinajstić information content (AvgIpc) is 3.28. The van der Waals surface area contributed by atoms with Gasteiger partial charge in [0.15, 0.2) is 0 Å². The van der Waals surface area contributed by atoms with Crippen LogP contribution in [0.15, 0.2) is 18.5 Å². The molecule has 11 heteroatoms. The Labute approximate surface area is 143 Å². The Balaban J connectivity index is 1.77. The quantitative estimate of drug-likeness (QED) is 0.821. The minimum absolute atomic E-state index is 0.0737. The number of nitrogens with one attached hydrogen (secondary N) is 1. The number of nitrogens with zero attached hydrogens (tertiary/aromatic N) is 3. The number of piperidine rings is 1. The molecule has 0 unspecified atom stereocenters. The van der Waals surface area contributed by atoms with Gasteiger partial charge in [-0.25, -0.2) is 12.7 Å². The number of sulfonamides is 1. The Morgan fingerprint density at radius 3 is 2.40 bits per heavy atom. The van der Waals surface area contributed by atoms with Crippen molar-refractivity contribution in [3.8, 4) is 0 Å². The van der Waals surface area contributed by atoms with Crippen LogP contribution in [0, 0.1) is 0 Å². The lowest BCUT2D eigenvalue weighted by Gasteiger charge is -2.40. The number of alkyl halides is 3. The molecule has 0 bridgehead atoms. The van der Waals surface area contributed by atoms with E-state index in [2.05, 4.69) is 5.10 Å². The first-order chi connectivity index (χ1) is 11.7. The first kappa shape index (κ1) is 18.2. The predicted molar refractivity (Wildman–Crippen MR) is 82.0 cm³/mol. The van der Waals surface area contributed by atoms with Gasteiger partial charge in [-0.15, -0.1) is 0 Å². The summed E-state index contributed by atoms with van der Waals surface area (Å²) in [6.07, 6.45) is -0.152. The van der Waals surface area contributed by atoms with Crippen molar-refractivity contribution in [2.75, 3.05) is 19.6 Å². The zero-order valence-electron chi connectivity index (χ0n) is 13.4. The van der Waals surface area contributed by atoms with Gasteiger partial charge in [0.1, 0.15) is 12.1 Å². The standard InChI is InChI=1S/C14H19F3N4O3S/c15-14(16,17)10-18-12(22)13(21-7-1-6-19-21)4-8-20(9-5-13)25(23,24)11-2-3-11/h1,6-7,11H,2-5,8-10H2,(H,18,22). The maximum absolute atomic E-state index is 12.5. The van der Waals surface area contributed by atoms with Gasteiger partial charge in [-0.2, -0.15) is 18.3 Å². The first-order valence-electron chi connectivity index (χ1n) is 7.99. The summed E-state index contributed by atoms with van der Waals surface area (Å²) in [7, 11) is -3.38. The summed E-state index contributed by atoms with van der Waals surface area (Å²) in [5, 5.41) is 5.58. The number of amides is 1. The van der Waals surface area contributed by atoms with E-state index in [1.807, 2.05) is 5.32 Å². The number of rotatable bonds is 5. The molecular weight excluding hydrogens is 361 g/mol. The van der Waals surface area contributed by atoms with Crippen LogP contribution in [0.1, 0.15) is 25.7 Å². The topological polar surface area (TPSA) is 84.3 Å². The molecule has 7 nitrogen and oxygen atoms in total. The molecule has 1 aliphatic heterocycles. The Morgan fingerprint density at radius 1 is 1.28 bits per heavy atom. The Morgan fingerprint density at radius 2 is 1.92 bits per heavy atom. The molecule has 1 aliphatic carbocycles. The van der Waals surface area contributed by atoms with Gasteiger partial charge in [0.2, 0.25) is 15.9 Å². The third-order valence-electron chi connectivity index (χ3n) is 4.67. The second kappa shape index (κ2) is 6.27. The summed E-state index contributed by atoms with van der Waals surface area (Å²) >= 11 is 0. The molecule has 2 aliphatic rings. The molecule has 2 heterocycles. The molecule has 1 saturated heterocycles. The summed E-state index contributed by atoms with van der Waals surface area (Å²) in [5.41, 5.74) is -1.32. The largest absolute Gasteiger partial charge is 0.405 e. The highest BCUT2D eigenvalue weighted by atomic mass is 32.2. The average molecular weight is 380 g/mol. The minimum Gasteiger partial charge on any atom is -0.345 e. The van der Waals surface area contributed by atoms with Crippen molar-refractivity contribution in [2.45, 2.75) is 42.6 Å². The number of aromatic nitrogens is 2. The lowest BCUT2D eigenvalue weighted by Crippen LogP contribution is -2.57. The molecular formula is C14H19F3N4O3S. The summed E-state index contributed by atoms with van der Waals surface area (Å²) in [6.45, 7) is -1.27. The number of halogens is 3. The van der Waals surface area contributed by atoms with Crippen molar-refractivity contribution >= 4 is 15.9 Å². The van der Waals surface area contributed by atoms with Crippen molar-refractivity contribution in [3.63, 3.8) is 0 Å². The minimum atomic E-state index is -4.52. The third-order valence-corrected chi connectivity index (χ3v) is 7.07. The second-order valence-electron chi connectivity index (χ2n) is 6.42. The molecule has 1 N–H and O–H groups in total. The summed E-state index contributed by atoms with van der Waals surface area (Å²) < 4.78 is 64.6. The van der Waals surface area contributed by atoms with Crippen LogP contribution in [0.5, 0.6) is 0 Å². The van der Waals surface area contributed by atoms with Crippen molar-refractivity contribution in [1.29, 1.82) is 0 Å². The van der Waals surface area contributed by atoms with E-state index in [0.29, 0.717) is 12.8 Å². The highest BCUT2D eigenvalue weighted by Crippen LogP contribution is 2.36. The molecule has 0 atom stereocenters. The number of carbonyl (C=O) groups excluding carboxylic acids is 1. The molecule has 3 rings (SSSR count). The molecule has 25 heavy (non-hydrogen) atoms. The lowest BCUT2D eigenvalue weighted by molar-refractivity contribution is -0.145. The van der Waals surface area contributed by atoms with Crippen LogP contribution in [-0.2, 0) is 20.4 Å². The Bertz CT molecular complexity index is 721. The maximum Gasteiger partial charge on any atom is 0.405 e. The molecule has 1 aromatic rings. The lowest BCUT2D eigenvalue weighted by atomic mass is 9.87. The van der Waals surface area contributed by atoms with Gasteiger partial charge in [0.25, 0.3) is 0 Å². The normalized spacial score (nSPS) is 21.9. The monoisotopic (exact) mass is 380 g/mol. The van der Waals surface area contributed by atoms with Crippen LogP contribution in [0.2, 0.25) is 0 Å². The molecule has 2 fully saturated rings. The van der Waals surface area contributed by atoms with E-state index in [-0.39, 0.29) is 31.2 Å². The molecule has 0 radical (unpaired) electrons. The van der Waals surface area contributed by atoms with Gasteiger partial charge in [0, 0.05) is 25.5 Å². The fourth-order valence-electron chi connectivity index (χ4n) is 3.11. The molecule has 1 aromatic heterocycles. The van der Waals surface area contributed by atoms with Gasteiger partial charge < -0.3 is 5.32 Å². The van der Waals surface area contributed by atoms with Gasteiger partial charge >= 0.3 is 6.18 Å². The van der Waals surface area contributed by atoms with Gasteiger partial charge in [-0.1, -0.05) is 0 Å². The van der Waals surface area contributed by atoms with Crippen LogP contribution < -0.4 is 5.32 Å². The maximum atomic E-state index is 12.5. The number of hydrogen-bond donors (Lipinski definition) is 1. The van der Waals surface area contributed by atoms with Crippen molar-refractivity contribution < 1.29 is 26.4 Å². The van der Waals surface area contributed by atoms with Crippen LogP contribution in [-0.4, -0.2) is 59.5 Å². The van der Waals surface area contributed by atoms with Gasteiger partial charge in [-0.05, 0) is 31.7 Å². The number of carbonyl (C=O) groups is 1. The first-order valence-corrected chi connectivity index (χ1v) is 9.50. The van der Waals surface area contributed by atoms with E-state index in [9.17, 15) is 26.4 Å². The highest BCUT2D eigenvalue weighted by Gasteiger charge is 2.49. The van der Waals surface area contributed by atoms with Crippen LogP contribution >= 0.6 is 0 Å². The fourth-order valence-corrected chi connectivity index (χ4v) is 4.96. The summed E-state index contributed by atoms with van der Waals surface area (Å²) in [6, 6.07) is 1.58. The predicted octanol–water partition coefficient (Wildman–Crippen LogP) is 0.845. The van der Waals surface area contributed by atoms with E-state index in [1.165, 1.54) is 21.4 Å². The van der Waals surface area contributed by atoms with E-state index < -0.39 is 34.2 Å². The molecule has 140 valence electrons. The Kier molecular flexibility index (Phi) is 4.56. The second-order valence-corrected chi connectivity index (χ2v) is 8.64. The van der Waals surface area contributed by atoms with Crippen LogP contribution in [0.25, 0.3) is 0 Å². The van der Waals surface area contributed by atoms with Gasteiger partial charge in [0.05, 0.1) is 5.25 Å².